The summed E-state index contributed by atoms with van der Waals surface area (Å²) < 4.78 is 0. The minimum Gasteiger partial charge on any atom is -0.478 e. The van der Waals surface area contributed by atoms with Crippen molar-refractivity contribution in [2.24, 2.45) is 0 Å². The number of benzene rings is 1. The molecule has 1 aromatic carbocycles. The van der Waals surface area contributed by atoms with E-state index in [9.17, 15) is 4.79 Å². The van der Waals surface area contributed by atoms with Gasteiger partial charge in [0.15, 0.2) is 5.82 Å². The Labute approximate surface area is 105 Å². The minimum absolute atomic E-state index is 0.267. The summed E-state index contributed by atoms with van der Waals surface area (Å²) >= 11 is 0. The highest BCUT2D eigenvalue weighted by Crippen LogP contribution is 2.16. The van der Waals surface area contributed by atoms with Crippen LogP contribution in [0.1, 0.15) is 29.4 Å². The molecular formula is C14H14N2O2. The number of aryl methyl sites for hydroxylation is 1. The van der Waals surface area contributed by atoms with Crippen molar-refractivity contribution in [2.75, 3.05) is 0 Å². The van der Waals surface area contributed by atoms with E-state index >= 15 is 0 Å². The van der Waals surface area contributed by atoms with Crippen LogP contribution in [-0.2, 0) is 6.42 Å². The largest absolute Gasteiger partial charge is 0.478 e. The molecule has 0 aliphatic heterocycles. The first kappa shape index (κ1) is 12.2. The highest BCUT2D eigenvalue weighted by atomic mass is 16.4. The molecule has 0 atom stereocenters. The zero-order valence-electron chi connectivity index (χ0n) is 10.1. The van der Waals surface area contributed by atoms with Gasteiger partial charge in [-0.25, -0.2) is 14.8 Å². The summed E-state index contributed by atoms with van der Waals surface area (Å²) in [5, 5.41) is 8.83. The van der Waals surface area contributed by atoms with Crippen LogP contribution in [0, 0.1) is 0 Å². The second-order valence-corrected chi connectivity index (χ2v) is 4.00. The molecule has 0 saturated heterocycles. The average molecular weight is 242 g/mol. The first-order valence-electron chi connectivity index (χ1n) is 5.86. The Morgan fingerprint density at radius 1 is 1.22 bits per heavy atom. The number of hydrogen-bond acceptors (Lipinski definition) is 3. The summed E-state index contributed by atoms with van der Waals surface area (Å²) in [5.74, 6) is -0.292. The monoisotopic (exact) mass is 242 g/mol. The van der Waals surface area contributed by atoms with Crippen LogP contribution in [-0.4, -0.2) is 21.0 Å². The van der Waals surface area contributed by atoms with E-state index in [1.807, 2.05) is 6.07 Å². The molecule has 1 aromatic heterocycles. The summed E-state index contributed by atoms with van der Waals surface area (Å²) in [7, 11) is 0. The Morgan fingerprint density at radius 2 is 1.94 bits per heavy atom. The zero-order chi connectivity index (χ0) is 13.0. The van der Waals surface area contributed by atoms with Crippen molar-refractivity contribution in [3.63, 3.8) is 0 Å². The Morgan fingerprint density at radius 3 is 2.56 bits per heavy atom. The predicted molar refractivity (Wildman–Crippen MR) is 68.4 cm³/mol. The molecule has 0 saturated carbocycles. The van der Waals surface area contributed by atoms with Crippen molar-refractivity contribution in [2.45, 2.75) is 19.8 Å². The number of nitrogens with zero attached hydrogens (tertiary/aromatic N) is 2. The fourth-order valence-corrected chi connectivity index (χ4v) is 1.69. The van der Waals surface area contributed by atoms with Gasteiger partial charge >= 0.3 is 5.97 Å². The van der Waals surface area contributed by atoms with Crippen LogP contribution in [0.25, 0.3) is 11.4 Å². The van der Waals surface area contributed by atoms with E-state index in [1.165, 1.54) is 0 Å². The number of hydrogen-bond donors (Lipinski definition) is 1. The maximum atomic E-state index is 10.8. The van der Waals surface area contributed by atoms with E-state index in [-0.39, 0.29) is 5.56 Å². The van der Waals surface area contributed by atoms with E-state index in [4.69, 9.17) is 5.11 Å². The molecule has 18 heavy (non-hydrogen) atoms. The molecule has 2 rings (SSSR count). The summed E-state index contributed by atoms with van der Waals surface area (Å²) in [6, 6.07) is 8.49. The smallest absolute Gasteiger partial charge is 0.335 e. The van der Waals surface area contributed by atoms with Crippen molar-refractivity contribution < 1.29 is 9.90 Å². The van der Waals surface area contributed by atoms with Crippen LogP contribution < -0.4 is 0 Å². The maximum absolute atomic E-state index is 10.8. The van der Waals surface area contributed by atoms with E-state index in [0.717, 1.165) is 24.1 Å². The average Bonchev–Trinajstić information content (AvgIpc) is 2.39. The molecular weight excluding hydrogens is 228 g/mol. The standard InChI is InChI=1S/C14H14N2O2/c1-2-3-12-8-9-15-13(16-12)10-4-6-11(7-5-10)14(17)18/h4-9H,2-3H2,1H3,(H,17,18). The van der Waals surface area contributed by atoms with Gasteiger partial charge in [0.05, 0.1) is 5.56 Å². The SMILES string of the molecule is CCCc1ccnc(-c2ccc(C(=O)O)cc2)n1. The third-order valence-corrected chi connectivity index (χ3v) is 2.61. The summed E-state index contributed by atoms with van der Waals surface area (Å²) in [6.45, 7) is 2.10. The van der Waals surface area contributed by atoms with Gasteiger partial charge in [-0.2, -0.15) is 0 Å². The fraction of sp³-hybridized carbons (Fsp3) is 0.214. The quantitative estimate of drug-likeness (QED) is 0.895. The first-order chi connectivity index (χ1) is 8.70. The van der Waals surface area contributed by atoms with Gasteiger partial charge in [0.1, 0.15) is 0 Å². The Hall–Kier alpha value is -2.23. The second kappa shape index (κ2) is 5.40. The topological polar surface area (TPSA) is 63.1 Å². The summed E-state index contributed by atoms with van der Waals surface area (Å²) in [5.41, 5.74) is 2.10. The molecule has 2 aromatic rings. The predicted octanol–water partition coefficient (Wildman–Crippen LogP) is 2.79. The lowest BCUT2D eigenvalue weighted by Crippen LogP contribution is -1.97. The zero-order valence-corrected chi connectivity index (χ0v) is 10.1. The van der Waals surface area contributed by atoms with Crippen molar-refractivity contribution in [1.29, 1.82) is 0 Å². The van der Waals surface area contributed by atoms with Gasteiger partial charge in [-0.05, 0) is 24.6 Å². The van der Waals surface area contributed by atoms with Gasteiger partial charge in [-0.3, -0.25) is 0 Å². The van der Waals surface area contributed by atoms with Gasteiger partial charge in [-0.15, -0.1) is 0 Å². The van der Waals surface area contributed by atoms with Crippen LogP contribution in [0.3, 0.4) is 0 Å². The number of carboxylic acid groups (broad SMARTS) is 1. The molecule has 1 heterocycles. The van der Waals surface area contributed by atoms with E-state index < -0.39 is 5.97 Å². The van der Waals surface area contributed by atoms with E-state index in [1.54, 1.807) is 30.5 Å². The molecule has 0 unspecified atom stereocenters. The van der Waals surface area contributed by atoms with Crippen molar-refractivity contribution >= 4 is 5.97 Å². The van der Waals surface area contributed by atoms with Gasteiger partial charge in [0.25, 0.3) is 0 Å². The maximum Gasteiger partial charge on any atom is 0.335 e. The van der Waals surface area contributed by atoms with Crippen LogP contribution in [0.2, 0.25) is 0 Å². The number of carbonyl (C=O) groups is 1. The van der Waals surface area contributed by atoms with Crippen molar-refractivity contribution in [3.05, 3.63) is 47.8 Å². The lowest BCUT2D eigenvalue weighted by atomic mass is 10.1. The molecule has 0 aliphatic rings. The lowest BCUT2D eigenvalue weighted by Gasteiger charge is -2.03. The molecule has 0 fully saturated rings. The molecule has 0 spiro atoms. The Kier molecular flexibility index (Phi) is 3.67. The van der Waals surface area contributed by atoms with E-state index in [2.05, 4.69) is 16.9 Å². The third kappa shape index (κ3) is 2.71. The molecule has 0 radical (unpaired) electrons. The number of rotatable bonds is 4. The van der Waals surface area contributed by atoms with Gasteiger partial charge < -0.3 is 5.11 Å². The highest BCUT2D eigenvalue weighted by Gasteiger charge is 2.05. The van der Waals surface area contributed by atoms with Gasteiger partial charge in [0, 0.05) is 17.5 Å². The van der Waals surface area contributed by atoms with Crippen molar-refractivity contribution in [3.8, 4) is 11.4 Å². The Balaban J connectivity index is 2.30. The van der Waals surface area contributed by atoms with Crippen molar-refractivity contribution in [1.82, 2.24) is 9.97 Å². The summed E-state index contributed by atoms with van der Waals surface area (Å²) in [4.78, 5) is 19.4. The summed E-state index contributed by atoms with van der Waals surface area (Å²) in [6.07, 6.45) is 3.69. The van der Waals surface area contributed by atoms with Crippen LogP contribution >= 0.6 is 0 Å². The normalized spacial score (nSPS) is 10.3. The molecule has 4 nitrogen and oxygen atoms in total. The van der Waals surface area contributed by atoms with E-state index in [0.29, 0.717) is 5.82 Å². The highest BCUT2D eigenvalue weighted by molar-refractivity contribution is 5.88. The lowest BCUT2D eigenvalue weighted by molar-refractivity contribution is 0.0697. The second-order valence-electron chi connectivity index (χ2n) is 4.00. The molecule has 0 bridgehead atoms. The number of carboxylic acids is 1. The van der Waals surface area contributed by atoms with Crippen LogP contribution in [0.15, 0.2) is 36.5 Å². The molecule has 4 heteroatoms. The molecule has 92 valence electrons. The van der Waals surface area contributed by atoms with Crippen LogP contribution in [0.5, 0.6) is 0 Å². The molecule has 1 N–H and O–H groups in total. The number of aromatic nitrogens is 2. The molecule has 0 amide bonds. The minimum atomic E-state index is -0.929. The van der Waals surface area contributed by atoms with Gasteiger partial charge in [0.2, 0.25) is 0 Å². The number of aromatic carboxylic acids is 1. The van der Waals surface area contributed by atoms with Gasteiger partial charge in [-0.1, -0.05) is 25.5 Å². The fourth-order valence-electron chi connectivity index (χ4n) is 1.69. The Bertz CT molecular complexity index is 550. The first-order valence-corrected chi connectivity index (χ1v) is 5.86. The third-order valence-electron chi connectivity index (χ3n) is 2.61. The molecule has 0 aliphatic carbocycles. The van der Waals surface area contributed by atoms with Crippen LogP contribution in [0.4, 0.5) is 0 Å².